The molecule has 9 aromatic rings. The molecule has 0 spiro atoms. The largest absolute Gasteiger partial charge is 4.00 e. The molecule has 1 aromatic heterocycles. The molecule has 0 aliphatic carbocycles. The van der Waals surface area contributed by atoms with E-state index < -0.39 is 0 Å². The van der Waals surface area contributed by atoms with Crippen LogP contribution in [0.3, 0.4) is 0 Å². The van der Waals surface area contributed by atoms with Crippen molar-refractivity contribution in [3.05, 3.63) is 277 Å². The predicted molar refractivity (Wildman–Crippen MR) is 254 cm³/mol. The first kappa shape index (κ1) is 44.8. The van der Waals surface area contributed by atoms with Crippen molar-refractivity contribution in [1.29, 1.82) is 0 Å². The number of rotatable bonds is 7. The average Bonchev–Trinajstić information content (AvgIpc) is 3.29. The summed E-state index contributed by atoms with van der Waals surface area (Å²) in [5.74, 6) is 0. The minimum atomic E-state index is -0.244. The van der Waals surface area contributed by atoms with E-state index in [2.05, 4.69) is 150 Å². The zero-order valence-electron chi connectivity index (χ0n) is 34.7. The van der Waals surface area contributed by atoms with Crippen LogP contribution in [0, 0.1) is 20.8 Å². The van der Waals surface area contributed by atoms with Crippen molar-refractivity contribution in [3.8, 4) is 11.3 Å². The van der Waals surface area contributed by atoms with Gasteiger partial charge in [-0.2, -0.15) is 73.9 Å². The van der Waals surface area contributed by atoms with Gasteiger partial charge in [0.2, 0.25) is 0 Å². The molecular weight excluding hydrogens is 891 g/mol. The number of benzene rings is 8. The smallest absolute Gasteiger partial charge is 0.673 e. The van der Waals surface area contributed by atoms with Gasteiger partial charge in [-0.3, -0.25) is 4.98 Å². The molecule has 1 unspecified atom stereocenters. The van der Waals surface area contributed by atoms with E-state index in [0.717, 1.165) is 52.2 Å². The third kappa shape index (κ3) is 12.4. The van der Waals surface area contributed by atoms with Crippen LogP contribution in [0.2, 0.25) is 0 Å². The van der Waals surface area contributed by atoms with Crippen LogP contribution < -0.4 is 0 Å². The molecule has 0 aliphatic rings. The maximum absolute atomic E-state index is 5.57. The van der Waals surface area contributed by atoms with Gasteiger partial charge in [0.1, 0.15) is 0 Å². The standard InChI is InChI=1S/C36H31N2.3C7H7.Hf/c1-3-25-17-12-18-26(4-2)35(25)38-36(34-23-13-22-33(37-34)27-14-6-5-7-15-27)32-24-28-16-8-9-19-29(28)30-20-10-11-21-31(30)32;3*1-7-5-3-2-4-6-7;/h5-24,36H,3-4H2,1-2H3;3*2-6H,1H2;/q4*-1;+4. The zero-order valence-corrected chi connectivity index (χ0v) is 38.3. The van der Waals surface area contributed by atoms with E-state index in [4.69, 9.17) is 10.3 Å². The number of aromatic nitrogens is 1. The van der Waals surface area contributed by atoms with Gasteiger partial charge in [-0.05, 0) is 58.1 Å². The van der Waals surface area contributed by atoms with Crippen LogP contribution in [-0.2, 0) is 38.7 Å². The average molecular weight is 944 g/mol. The van der Waals surface area contributed by atoms with Crippen molar-refractivity contribution < 1.29 is 25.8 Å². The Morgan fingerprint density at radius 1 is 0.450 bits per heavy atom. The molecule has 9 rings (SSSR count). The number of fused-ring (bicyclic) bond motifs is 3. The third-order valence-corrected chi connectivity index (χ3v) is 9.97. The number of pyridine rings is 1. The molecule has 0 saturated carbocycles. The van der Waals surface area contributed by atoms with Gasteiger partial charge < -0.3 is 5.32 Å². The zero-order chi connectivity index (χ0) is 41.2. The molecule has 60 heavy (non-hydrogen) atoms. The summed E-state index contributed by atoms with van der Waals surface area (Å²) >= 11 is 0. The molecule has 1 heterocycles. The van der Waals surface area contributed by atoms with Crippen LogP contribution in [0.1, 0.15) is 59.0 Å². The molecule has 1 atom stereocenters. The molecule has 2 nitrogen and oxygen atoms in total. The second-order valence-electron chi connectivity index (χ2n) is 14.2. The van der Waals surface area contributed by atoms with E-state index in [1.54, 1.807) is 0 Å². The summed E-state index contributed by atoms with van der Waals surface area (Å²) in [5, 5.41) is 10.5. The van der Waals surface area contributed by atoms with Gasteiger partial charge in [0, 0.05) is 11.3 Å². The predicted octanol–water partition coefficient (Wildman–Crippen LogP) is 15.6. The summed E-state index contributed by atoms with van der Waals surface area (Å²) < 4.78 is 0. The first-order chi connectivity index (χ1) is 28.9. The molecule has 0 bridgehead atoms. The second-order valence-corrected chi connectivity index (χ2v) is 14.2. The Morgan fingerprint density at radius 2 is 0.883 bits per heavy atom. The Hall–Kier alpha value is -6.29. The van der Waals surface area contributed by atoms with E-state index in [1.807, 2.05) is 97.1 Å². The molecule has 0 N–H and O–H groups in total. The minimum absolute atomic E-state index is 0. The first-order valence-electron chi connectivity index (χ1n) is 20.3. The van der Waals surface area contributed by atoms with E-state index in [0.29, 0.717) is 0 Å². The maximum atomic E-state index is 5.57. The summed E-state index contributed by atoms with van der Waals surface area (Å²) in [7, 11) is 0. The van der Waals surface area contributed by atoms with E-state index in [1.165, 1.54) is 38.2 Å². The second kappa shape index (κ2) is 23.3. The normalized spacial score (nSPS) is 10.6. The molecule has 0 fully saturated rings. The van der Waals surface area contributed by atoms with Crippen molar-refractivity contribution in [3.63, 3.8) is 0 Å². The Kier molecular flexibility index (Phi) is 17.4. The van der Waals surface area contributed by atoms with Crippen LogP contribution in [-0.4, -0.2) is 4.98 Å². The fourth-order valence-corrected chi connectivity index (χ4v) is 6.92. The summed E-state index contributed by atoms with van der Waals surface area (Å²) in [5.41, 5.74) is 11.1. The number of para-hydroxylation sites is 1. The van der Waals surface area contributed by atoms with Gasteiger partial charge >= 0.3 is 25.8 Å². The SMILES string of the molecule is CCc1cccc(CC)c1[N-]C(c1cccc(-c2ccccc2)n1)c1cc2ccccc2c2ccccc12.[CH2-]c1ccccc1.[CH2-]c1ccccc1.[CH2-]c1ccccc1.[Hf+4]. The summed E-state index contributed by atoms with van der Waals surface area (Å²) in [4.78, 5) is 5.22. The first-order valence-corrected chi connectivity index (χ1v) is 20.3. The van der Waals surface area contributed by atoms with Gasteiger partial charge in [-0.15, -0.1) is 42.1 Å². The quantitative estimate of drug-likeness (QED) is 0.0888. The third-order valence-electron chi connectivity index (χ3n) is 9.97. The molecule has 294 valence electrons. The van der Waals surface area contributed by atoms with Gasteiger partial charge in [-0.25, -0.2) is 0 Å². The van der Waals surface area contributed by atoms with Crippen LogP contribution in [0.15, 0.2) is 212 Å². The van der Waals surface area contributed by atoms with Crippen LogP contribution in [0.25, 0.3) is 38.1 Å². The van der Waals surface area contributed by atoms with E-state index in [9.17, 15) is 0 Å². The maximum Gasteiger partial charge on any atom is 4.00 e. The number of hydrogen-bond acceptors (Lipinski definition) is 1. The fourth-order valence-electron chi connectivity index (χ4n) is 6.92. The van der Waals surface area contributed by atoms with Gasteiger partial charge in [0.05, 0.1) is 5.69 Å². The number of aryl methyl sites for hydroxylation is 2. The summed E-state index contributed by atoms with van der Waals surface area (Å²) in [6.45, 7) is 15.6. The van der Waals surface area contributed by atoms with Crippen LogP contribution in [0.5, 0.6) is 0 Å². The number of nitrogens with zero attached hydrogens (tertiary/aromatic N) is 2. The Bertz CT molecular complexity index is 2510. The van der Waals surface area contributed by atoms with Crippen LogP contribution >= 0.6 is 0 Å². The molecule has 3 heteroatoms. The van der Waals surface area contributed by atoms with Crippen molar-refractivity contribution in [2.45, 2.75) is 32.7 Å². The van der Waals surface area contributed by atoms with Gasteiger partial charge in [0.25, 0.3) is 0 Å². The Morgan fingerprint density at radius 3 is 1.37 bits per heavy atom. The van der Waals surface area contributed by atoms with E-state index >= 15 is 0 Å². The topological polar surface area (TPSA) is 27.0 Å². The molecule has 0 amide bonds. The molecule has 0 radical (unpaired) electrons. The van der Waals surface area contributed by atoms with Crippen molar-refractivity contribution in [2.24, 2.45) is 0 Å². The monoisotopic (exact) mass is 944 g/mol. The van der Waals surface area contributed by atoms with Crippen molar-refractivity contribution >= 4 is 27.2 Å². The molecular formula is C57H52HfN2. The minimum Gasteiger partial charge on any atom is -0.673 e. The Labute approximate surface area is 377 Å². The Balaban J connectivity index is 0.000000251. The fraction of sp³-hybridized carbons (Fsp3) is 0.0877. The summed E-state index contributed by atoms with van der Waals surface area (Å²) in [6.07, 6.45) is 1.88. The van der Waals surface area contributed by atoms with Crippen molar-refractivity contribution in [1.82, 2.24) is 4.98 Å². The van der Waals surface area contributed by atoms with Crippen molar-refractivity contribution in [2.75, 3.05) is 0 Å². The van der Waals surface area contributed by atoms with Crippen LogP contribution in [0.4, 0.5) is 5.69 Å². The molecule has 8 aromatic carbocycles. The van der Waals surface area contributed by atoms with Gasteiger partial charge in [0.15, 0.2) is 0 Å². The number of hydrogen-bond donors (Lipinski definition) is 0. The van der Waals surface area contributed by atoms with E-state index in [-0.39, 0.29) is 31.9 Å². The summed E-state index contributed by atoms with van der Waals surface area (Å²) in [6, 6.07) is 72.4. The molecule has 0 aliphatic heterocycles. The molecule has 0 saturated heterocycles. The van der Waals surface area contributed by atoms with Gasteiger partial charge in [-0.1, -0.05) is 152 Å².